The zero-order valence-corrected chi connectivity index (χ0v) is 17.0. The zero-order valence-electron chi connectivity index (χ0n) is 17.0. The molecule has 0 bridgehead atoms. The first-order valence-electron chi connectivity index (χ1n) is 11.0. The number of aliphatic hydroxyl groups is 1. The van der Waals surface area contributed by atoms with Crippen molar-refractivity contribution < 1.29 is 15.3 Å². The molecule has 0 heterocycles. The number of aryl methyl sites for hydroxylation is 1. The third-order valence-electron chi connectivity index (χ3n) is 8.35. The molecule has 2 saturated carbocycles. The number of aliphatic hydroxyl groups excluding tert-OH is 1. The predicted octanol–water partition coefficient (Wildman–Crippen LogP) is 4.08. The van der Waals surface area contributed by atoms with E-state index in [1.165, 1.54) is 11.1 Å². The monoisotopic (exact) mass is 393 g/mol. The fraction of sp³-hybridized carbons (Fsp3) is 0.520. The Morgan fingerprint density at radius 3 is 2.72 bits per heavy atom. The fourth-order valence-corrected chi connectivity index (χ4v) is 6.78. The maximum atomic E-state index is 11.0. The Kier molecular flexibility index (Phi) is 4.60. The number of hydrogen-bond donors (Lipinski definition) is 4. The molecule has 0 spiro atoms. The molecule has 4 N–H and O–H groups in total. The number of fused-ring (bicyclic) bond motifs is 5. The highest BCUT2D eigenvalue weighted by molar-refractivity contribution is 5.40. The van der Waals surface area contributed by atoms with E-state index in [2.05, 4.69) is 18.3 Å². The first-order chi connectivity index (χ1) is 14.0. The average Bonchev–Trinajstić information content (AvgIpc) is 3.02. The summed E-state index contributed by atoms with van der Waals surface area (Å²) in [6.45, 7) is 2.88. The number of phenolic OH excluding ortho intramolecular Hbond substituents is 2. The first kappa shape index (κ1) is 19.0. The van der Waals surface area contributed by atoms with Gasteiger partial charge in [0.25, 0.3) is 0 Å². The van der Waals surface area contributed by atoms with E-state index in [-0.39, 0.29) is 17.6 Å². The summed E-state index contributed by atoms with van der Waals surface area (Å²) in [4.78, 5) is 0. The molecule has 0 aromatic heterocycles. The van der Waals surface area contributed by atoms with Crippen LogP contribution in [0.4, 0.5) is 0 Å². The summed E-state index contributed by atoms with van der Waals surface area (Å²) in [5.41, 5.74) is 3.43. The summed E-state index contributed by atoms with van der Waals surface area (Å²) in [6, 6.07) is 13.5. The number of benzene rings is 2. The average molecular weight is 394 g/mol. The largest absolute Gasteiger partial charge is 0.508 e. The quantitative estimate of drug-likeness (QED) is 0.634. The van der Waals surface area contributed by atoms with Crippen molar-refractivity contribution in [1.82, 2.24) is 5.32 Å². The second kappa shape index (κ2) is 7.03. The molecule has 0 radical (unpaired) electrons. The molecule has 0 amide bonds. The molecule has 2 fully saturated rings. The number of rotatable bonds is 3. The number of aromatic hydroxyl groups is 2. The van der Waals surface area contributed by atoms with Gasteiger partial charge in [-0.3, -0.25) is 0 Å². The smallest absolute Gasteiger partial charge is 0.120 e. The van der Waals surface area contributed by atoms with Gasteiger partial charge in [-0.05, 0) is 79.2 Å². The van der Waals surface area contributed by atoms with Gasteiger partial charge in [-0.15, -0.1) is 0 Å². The van der Waals surface area contributed by atoms with Crippen molar-refractivity contribution in [3.63, 3.8) is 0 Å². The Hall–Kier alpha value is -2.04. The third kappa shape index (κ3) is 2.96. The Morgan fingerprint density at radius 2 is 1.90 bits per heavy atom. The summed E-state index contributed by atoms with van der Waals surface area (Å²) in [6.07, 6.45) is 4.82. The highest BCUT2D eigenvalue weighted by Crippen LogP contribution is 2.61. The van der Waals surface area contributed by atoms with Crippen LogP contribution in [0.5, 0.6) is 11.5 Å². The van der Waals surface area contributed by atoms with Crippen molar-refractivity contribution in [3.8, 4) is 11.5 Å². The Labute approximate surface area is 172 Å². The fourth-order valence-electron chi connectivity index (χ4n) is 6.78. The van der Waals surface area contributed by atoms with Gasteiger partial charge in [-0.1, -0.05) is 31.2 Å². The van der Waals surface area contributed by atoms with Crippen LogP contribution in [-0.4, -0.2) is 27.5 Å². The summed E-state index contributed by atoms with van der Waals surface area (Å²) >= 11 is 0. The summed E-state index contributed by atoms with van der Waals surface area (Å²) < 4.78 is 0. The van der Waals surface area contributed by atoms with Crippen molar-refractivity contribution in [2.75, 3.05) is 0 Å². The van der Waals surface area contributed by atoms with Crippen LogP contribution in [0.2, 0.25) is 0 Å². The second-order valence-corrected chi connectivity index (χ2v) is 9.56. The number of phenols is 2. The minimum atomic E-state index is -0.281. The van der Waals surface area contributed by atoms with Crippen molar-refractivity contribution in [2.45, 2.75) is 63.6 Å². The van der Waals surface area contributed by atoms with Gasteiger partial charge in [0.1, 0.15) is 11.5 Å². The van der Waals surface area contributed by atoms with Gasteiger partial charge in [-0.2, -0.15) is 0 Å². The molecular weight excluding hydrogens is 362 g/mol. The maximum Gasteiger partial charge on any atom is 0.120 e. The highest BCUT2D eigenvalue weighted by Gasteiger charge is 2.58. The van der Waals surface area contributed by atoms with Crippen LogP contribution in [0.3, 0.4) is 0 Å². The van der Waals surface area contributed by atoms with E-state index >= 15 is 0 Å². The third-order valence-corrected chi connectivity index (χ3v) is 8.35. The summed E-state index contributed by atoms with van der Waals surface area (Å²) in [7, 11) is 0. The lowest BCUT2D eigenvalue weighted by atomic mass is 9.53. The first-order valence-corrected chi connectivity index (χ1v) is 11.0. The van der Waals surface area contributed by atoms with E-state index in [1.807, 2.05) is 30.3 Å². The van der Waals surface area contributed by atoms with E-state index in [1.54, 1.807) is 6.07 Å². The van der Waals surface area contributed by atoms with Gasteiger partial charge in [0.2, 0.25) is 0 Å². The summed E-state index contributed by atoms with van der Waals surface area (Å²) in [5.74, 6) is 2.23. The lowest BCUT2D eigenvalue weighted by molar-refractivity contribution is -0.0500. The van der Waals surface area contributed by atoms with Crippen LogP contribution >= 0.6 is 0 Å². The lowest BCUT2D eigenvalue weighted by Crippen LogP contribution is -2.57. The van der Waals surface area contributed by atoms with Crippen LogP contribution in [0.1, 0.15) is 55.2 Å². The van der Waals surface area contributed by atoms with Crippen LogP contribution in [0.25, 0.3) is 0 Å². The number of hydrogen-bond acceptors (Lipinski definition) is 4. The molecule has 3 aliphatic carbocycles. The van der Waals surface area contributed by atoms with Gasteiger partial charge < -0.3 is 20.6 Å². The molecule has 29 heavy (non-hydrogen) atoms. The number of nitrogens with one attached hydrogen (secondary N) is 1. The van der Waals surface area contributed by atoms with Crippen LogP contribution < -0.4 is 5.32 Å². The minimum Gasteiger partial charge on any atom is -0.508 e. The normalized spacial score (nSPS) is 35.6. The SMILES string of the molecule is C[C@]12[C@@H](NCc3ccccc3O)C[C@@H]3c4ccc(O)cc4CC[C@H]3[C@@H]1CC[C@@H]2O. The Bertz CT molecular complexity index is 913. The maximum absolute atomic E-state index is 11.0. The topological polar surface area (TPSA) is 72.7 Å². The van der Waals surface area contributed by atoms with E-state index < -0.39 is 0 Å². The predicted molar refractivity (Wildman–Crippen MR) is 113 cm³/mol. The van der Waals surface area contributed by atoms with Gasteiger partial charge >= 0.3 is 0 Å². The lowest BCUT2D eigenvalue weighted by Gasteiger charge is -2.54. The van der Waals surface area contributed by atoms with Crippen molar-refractivity contribution in [2.24, 2.45) is 17.3 Å². The van der Waals surface area contributed by atoms with Crippen LogP contribution in [-0.2, 0) is 13.0 Å². The van der Waals surface area contributed by atoms with Crippen molar-refractivity contribution >= 4 is 0 Å². The summed E-state index contributed by atoms with van der Waals surface area (Å²) in [5, 5.41) is 34.8. The Balaban J connectivity index is 1.47. The second-order valence-electron chi connectivity index (χ2n) is 9.56. The molecule has 0 saturated heterocycles. The number of para-hydroxylation sites is 1. The van der Waals surface area contributed by atoms with Gasteiger partial charge in [0.15, 0.2) is 0 Å². The molecule has 5 rings (SSSR count). The van der Waals surface area contributed by atoms with Gasteiger partial charge in [0.05, 0.1) is 6.10 Å². The molecule has 4 heteroatoms. The molecule has 3 aliphatic rings. The van der Waals surface area contributed by atoms with Crippen molar-refractivity contribution in [1.29, 1.82) is 0 Å². The molecule has 154 valence electrons. The standard InChI is InChI=1S/C25H31NO3/c1-25-21(10-11-24(25)29)19-8-6-15-12-17(27)7-9-18(15)20(19)13-23(25)26-14-16-4-2-3-5-22(16)28/h2-5,7,9,12,19-21,23-24,26-29H,6,8,10-11,13-14H2,1H3/t19-,20-,21+,23+,24+,25-/m1/s1. The van der Waals surface area contributed by atoms with E-state index in [0.29, 0.717) is 35.8 Å². The van der Waals surface area contributed by atoms with Crippen LogP contribution in [0, 0.1) is 17.3 Å². The molecule has 2 aromatic carbocycles. The van der Waals surface area contributed by atoms with Crippen LogP contribution in [0.15, 0.2) is 42.5 Å². The van der Waals surface area contributed by atoms with Crippen molar-refractivity contribution in [3.05, 3.63) is 59.2 Å². The zero-order chi connectivity index (χ0) is 20.2. The molecule has 0 aliphatic heterocycles. The highest BCUT2D eigenvalue weighted by atomic mass is 16.3. The van der Waals surface area contributed by atoms with E-state index in [9.17, 15) is 15.3 Å². The molecular formula is C25H31NO3. The molecule has 4 nitrogen and oxygen atoms in total. The van der Waals surface area contributed by atoms with E-state index in [0.717, 1.165) is 37.7 Å². The molecule has 6 atom stereocenters. The van der Waals surface area contributed by atoms with E-state index in [4.69, 9.17) is 0 Å². The minimum absolute atomic E-state index is 0.139. The van der Waals surface area contributed by atoms with Gasteiger partial charge in [0, 0.05) is 23.6 Å². The molecule has 0 unspecified atom stereocenters. The Morgan fingerprint density at radius 1 is 1.07 bits per heavy atom. The molecule has 2 aromatic rings. The van der Waals surface area contributed by atoms with Gasteiger partial charge in [-0.25, -0.2) is 0 Å².